The highest BCUT2D eigenvalue weighted by molar-refractivity contribution is 5.90. The van der Waals surface area contributed by atoms with Gasteiger partial charge in [0.15, 0.2) is 6.61 Å². The fraction of sp³-hybridized carbons (Fsp3) is 0.261. The van der Waals surface area contributed by atoms with E-state index in [9.17, 15) is 24.5 Å². The van der Waals surface area contributed by atoms with Crippen LogP contribution in [0.1, 0.15) is 11.1 Å². The van der Waals surface area contributed by atoms with Gasteiger partial charge in [-0.15, -0.1) is 0 Å². The van der Waals surface area contributed by atoms with Gasteiger partial charge in [0.2, 0.25) is 0 Å². The molecule has 1 aliphatic heterocycles. The lowest BCUT2D eigenvalue weighted by Crippen LogP contribution is -2.51. The number of carbonyl (C=O) groups excluding carboxylic acids is 3. The van der Waals surface area contributed by atoms with Crippen LogP contribution in [0.4, 0.5) is 10.5 Å². The maximum absolute atomic E-state index is 12.5. The monoisotopic (exact) mass is 484 g/mol. The van der Waals surface area contributed by atoms with Gasteiger partial charge < -0.3 is 19.3 Å². The Balaban J connectivity index is 1.38. The Morgan fingerprint density at radius 3 is 2.23 bits per heavy atom. The van der Waals surface area contributed by atoms with Crippen LogP contribution in [-0.2, 0) is 20.9 Å². The number of amides is 3. The molecule has 0 unspecified atom stereocenters. The van der Waals surface area contributed by atoms with Crippen molar-refractivity contribution in [1.82, 2.24) is 15.3 Å². The molecule has 35 heavy (non-hydrogen) atoms. The quantitative estimate of drug-likeness (QED) is 0.250. The maximum Gasteiger partial charge on any atom is 0.410 e. The van der Waals surface area contributed by atoms with Crippen molar-refractivity contribution in [3.8, 4) is 5.75 Å². The van der Waals surface area contributed by atoms with E-state index in [0.29, 0.717) is 43.1 Å². The topological polar surface area (TPSA) is 152 Å². The summed E-state index contributed by atoms with van der Waals surface area (Å²) in [6.07, 6.45) is 2.17. The largest absolute Gasteiger partial charge is 0.484 e. The number of piperazine rings is 1. The number of hydrogen-bond acceptors (Lipinski definition) is 8. The van der Waals surface area contributed by atoms with Crippen molar-refractivity contribution in [2.75, 3.05) is 32.8 Å². The molecule has 3 rings (SSSR count). The number of nitrogens with one attached hydrogen (secondary N) is 1. The maximum atomic E-state index is 12.5. The van der Waals surface area contributed by atoms with Crippen LogP contribution in [0.2, 0.25) is 0 Å². The number of carbonyl (C=O) groups is 3. The predicted molar refractivity (Wildman–Crippen MR) is 122 cm³/mol. The summed E-state index contributed by atoms with van der Waals surface area (Å²) < 4.78 is 10.8. The fourth-order valence-corrected chi connectivity index (χ4v) is 3.21. The van der Waals surface area contributed by atoms with Crippen molar-refractivity contribution in [2.24, 2.45) is 0 Å². The zero-order chi connectivity index (χ0) is 25.2. The molecule has 0 radical (unpaired) electrons. The van der Waals surface area contributed by atoms with Crippen molar-refractivity contribution in [2.45, 2.75) is 6.61 Å². The molecule has 1 saturated heterocycles. The summed E-state index contributed by atoms with van der Waals surface area (Å²) in [4.78, 5) is 49.0. The summed E-state index contributed by atoms with van der Waals surface area (Å²) in [7, 11) is 0. The summed E-state index contributed by atoms with van der Waals surface area (Å²) >= 11 is 0. The molecule has 0 spiro atoms. The number of hydrogen-bond donors (Lipinski definition) is 2. The Hall–Kier alpha value is -4.45. The molecule has 2 N–H and O–H groups in total. The van der Waals surface area contributed by atoms with Crippen LogP contribution in [0.15, 0.2) is 54.6 Å². The molecule has 12 heteroatoms. The Morgan fingerprint density at radius 1 is 1.00 bits per heavy atom. The second kappa shape index (κ2) is 12.1. The molecule has 0 atom stereocenters. The van der Waals surface area contributed by atoms with Gasteiger partial charge in [0.25, 0.3) is 17.5 Å². The number of ether oxygens (including phenoxy) is 2. The van der Waals surface area contributed by atoms with Gasteiger partial charge in [-0.25, -0.2) is 10.3 Å². The minimum Gasteiger partial charge on any atom is -0.484 e. The van der Waals surface area contributed by atoms with E-state index >= 15 is 0 Å². The number of nitrogens with zero attached hydrogens (tertiary/aromatic N) is 3. The van der Waals surface area contributed by atoms with Crippen LogP contribution in [0.3, 0.4) is 0 Å². The molecule has 1 fully saturated rings. The van der Waals surface area contributed by atoms with Crippen molar-refractivity contribution >= 4 is 29.7 Å². The zero-order valence-corrected chi connectivity index (χ0v) is 18.7. The summed E-state index contributed by atoms with van der Waals surface area (Å²) in [5.41, 5.74) is 2.80. The molecule has 0 bridgehead atoms. The van der Waals surface area contributed by atoms with Crippen molar-refractivity contribution in [1.29, 1.82) is 0 Å². The molecule has 0 aromatic heterocycles. The van der Waals surface area contributed by atoms with Crippen molar-refractivity contribution in [3.63, 3.8) is 0 Å². The van der Waals surface area contributed by atoms with Crippen LogP contribution in [0.25, 0.3) is 6.08 Å². The standard InChI is InChI=1S/C23H24N4O8/c28-21(24-31)10-5-17-3-8-20(9-4-17)34-16-22(29)25-11-13-26(14-12-25)23(30)35-15-18-1-6-19(7-2-18)27(32)33/h1-10,31H,11-16H2,(H,24,28)/b10-5+. The van der Waals surface area contributed by atoms with Crippen LogP contribution < -0.4 is 10.2 Å². The average Bonchev–Trinajstić information content (AvgIpc) is 2.89. The van der Waals surface area contributed by atoms with E-state index in [1.165, 1.54) is 46.8 Å². The van der Waals surface area contributed by atoms with E-state index < -0.39 is 16.9 Å². The third kappa shape index (κ3) is 7.54. The van der Waals surface area contributed by atoms with Gasteiger partial charge in [-0.3, -0.25) is 24.9 Å². The summed E-state index contributed by atoms with van der Waals surface area (Å²) in [5.74, 6) is -0.378. The van der Waals surface area contributed by atoms with Gasteiger partial charge in [-0.2, -0.15) is 0 Å². The molecule has 3 amide bonds. The average molecular weight is 484 g/mol. The first-order chi connectivity index (χ1) is 16.9. The molecular weight excluding hydrogens is 460 g/mol. The van der Waals surface area contributed by atoms with Crippen LogP contribution in [0.5, 0.6) is 5.75 Å². The third-order valence-corrected chi connectivity index (χ3v) is 5.18. The van der Waals surface area contributed by atoms with Gasteiger partial charge in [-0.05, 0) is 41.5 Å². The lowest BCUT2D eigenvalue weighted by molar-refractivity contribution is -0.384. The summed E-state index contributed by atoms with van der Waals surface area (Å²) in [6, 6.07) is 12.5. The Labute approximate surface area is 200 Å². The number of nitro groups is 1. The van der Waals surface area contributed by atoms with E-state index in [0.717, 1.165) is 0 Å². The van der Waals surface area contributed by atoms with E-state index in [-0.39, 0.29) is 24.8 Å². The van der Waals surface area contributed by atoms with Gasteiger partial charge in [0, 0.05) is 44.4 Å². The SMILES string of the molecule is O=C(/C=C/c1ccc(OCC(=O)N2CCN(C(=O)OCc3ccc([N+](=O)[O-])cc3)CC2)cc1)NO. The molecule has 1 aliphatic rings. The molecule has 0 saturated carbocycles. The number of non-ortho nitro benzene ring substituents is 1. The van der Waals surface area contributed by atoms with Gasteiger partial charge in [0.05, 0.1) is 4.92 Å². The summed E-state index contributed by atoms with van der Waals surface area (Å²) in [5, 5.41) is 19.2. The third-order valence-electron chi connectivity index (χ3n) is 5.18. The molecule has 2 aromatic rings. The molecule has 0 aliphatic carbocycles. The lowest BCUT2D eigenvalue weighted by Gasteiger charge is -2.34. The van der Waals surface area contributed by atoms with Crippen LogP contribution in [0, 0.1) is 10.1 Å². The minimum atomic E-state index is -0.645. The zero-order valence-electron chi connectivity index (χ0n) is 18.7. The molecule has 12 nitrogen and oxygen atoms in total. The van der Waals surface area contributed by atoms with Crippen molar-refractivity contribution < 1.29 is 34.0 Å². The van der Waals surface area contributed by atoms with Crippen molar-refractivity contribution in [3.05, 3.63) is 75.8 Å². The highest BCUT2D eigenvalue weighted by Gasteiger charge is 2.25. The molecular formula is C23H24N4O8. The van der Waals surface area contributed by atoms with Gasteiger partial charge in [-0.1, -0.05) is 12.1 Å². The van der Waals surface area contributed by atoms with E-state index in [1.54, 1.807) is 29.2 Å². The van der Waals surface area contributed by atoms with E-state index in [4.69, 9.17) is 14.7 Å². The summed E-state index contributed by atoms with van der Waals surface area (Å²) in [6.45, 7) is 1.14. The number of benzene rings is 2. The number of nitro benzene ring substituents is 1. The Kier molecular flexibility index (Phi) is 8.73. The highest BCUT2D eigenvalue weighted by atomic mass is 16.6. The van der Waals surface area contributed by atoms with Gasteiger partial charge >= 0.3 is 6.09 Å². The van der Waals surface area contributed by atoms with Gasteiger partial charge in [0.1, 0.15) is 12.4 Å². The highest BCUT2D eigenvalue weighted by Crippen LogP contribution is 2.15. The molecule has 2 aromatic carbocycles. The fourth-order valence-electron chi connectivity index (χ4n) is 3.21. The predicted octanol–water partition coefficient (Wildman–Crippen LogP) is 1.97. The first kappa shape index (κ1) is 25.2. The number of rotatable bonds is 8. The van der Waals surface area contributed by atoms with E-state index in [2.05, 4.69) is 0 Å². The normalized spacial score (nSPS) is 13.4. The Bertz CT molecular complexity index is 1080. The Morgan fingerprint density at radius 2 is 1.63 bits per heavy atom. The van der Waals surface area contributed by atoms with Crippen LogP contribution in [-0.4, -0.2) is 70.6 Å². The molecule has 1 heterocycles. The smallest absolute Gasteiger partial charge is 0.410 e. The lowest BCUT2D eigenvalue weighted by atomic mass is 10.2. The first-order valence-electron chi connectivity index (χ1n) is 10.6. The minimum absolute atomic E-state index is 0.00692. The van der Waals surface area contributed by atoms with Crippen LogP contribution >= 0.6 is 0 Å². The molecule has 184 valence electrons. The first-order valence-corrected chi connectivity index (χ1v) is 10.6. The van der Waals surface area contributed by atoms with E-state index in [1.807, 2.05) is 0 Å². The number of hydroxylamine groups is 1. The second-order valence-electron chi connectivity index (χ2n) is 7.51. The second-order valence-corrected chi connectivity index (χ2v) is 7.51.